The van der Waals surface area contributed by atoms with E-state index in [4.69, 9.17) is 4.52 Å². The first-order valence-electron chi connectivity index (χ1n) is 9.51. The molecule has 0 aliphatic rings. The van der Waals surface area contributed by atoms with Gasteiger partial charge in [0.1, 0.15) is 5.82 Å². The zero-order valence-corrected chi connectivity index (χ0v) is 16.5. The lowest BCUT2D eigenvalue weighted by Gasteiger charge is -2.05. The van der Waals surface area contributed by atoms with Crippen molar-refractivity contribution in [1.29, 1.82) is 0 Å². The van der Waals surface area contributed by atoms with Crippen molar-refractivity contribution >= 4 is 23.2 Å². The van der Waals surface area contributed by atoms with Crippen LogP contribution in [0.4, 0.5) is 15.8 Å². The third-order valence-electron chi connectivity index (χ3n) is 4.45. The third kappa shape index (κ3) is 4.50. The van der Waals surface area contributed by atoms with E-state index in [9.17, 15) is 14.0 Å². The van der Waals surface area contributed by atoms with Crippen LogP contribution in [0.15, 0.2) is 71.4 Å². The van der Waals surface area contributed by atoms with Gasteiger partial charge < -0.3 is 15.2 Å². The number of nitrogens with zero attached hydrogens (tertiary/aromatic N) is 3. The van der Waals surface area contributed by atoms with Gasteiger partial charge in [0, 0.05) is 30.1 Å². The number of anilines is 2. The Kier molecular flexibility index (Phi) is 5.57. The number of amides is 2. The molecule has 0 saturated carbocycles. The van der Waals surface area contributed by atoms with Gasteiger partial charge in [0.15, 0.2) is 17.1 Å². The van der Waals surface area contributed by atoms with E-state index in [-0.39, 0.29) is 22.9 Å². The highest BCUT2D eigenvalue weighted by Gasteiger charge is 2.21. The molecule has 0 aliphatic carbocycles. The van der Waals surface area contributed by atoms with E-state index in [0.717, 1.165) is 0 Å². The highest BCUT2D eigenvalue weighted by Crippen LogP contribution is 2.22. The average molecular weight is 419 g/mol. The molecule has 0 unspecified atom stereocenters. The summed E-state index contributed by atoms with van der Waals surface area (Å²) in [6.45, 7) is 2.38. The fraction of sp³-hybridized carbons (Fsp3) is 0.0909. The quantitative estimate of drug-likeness (QED) is 0.488. The van der Waals surface area contributed by atoms with E-state index in [1.807, 2.05) is 13.0 Å². The van der Waals surface area contributed by atoms with E-state index in [2.05, 4.69) is 20.9 Å². The monoisotopic (exact) mass is 419 g/mol. The lowest BCUT2D eigenvalue weighted by atomic mass is 10.1. The lowest BCUT2D eigenvalue weighted by molar-refractivity contribution is 0.101. The van der Waals surface area contributed by atoms with Gasteiger partial charge in [-0.1, -0.05) is 23.4 Å². The average Bonchev–Trinajstić information content (AvgIpc) is 3.42. The Balaban J connectivity index is 1.53. The Morgan fingerprint density at radius 1 is 1.03 bits per heavy atom. The maximum absolute atomic E-state index is 13.1. The molecule has 0 aliphatic heterocycles. The normalized spacial score (nSPS) is 10.6. The molecule has 31 heavy (non-hydrogen) atoms. The molecular formula is C22H18FN5O3. The molecule has 2 heterocycles. The fourth-order valence-electron chi connectivity index (χ4n) is 2.87. The second kappa shape index (κ2) is 8.62. The number of para-hydroxylation sites is 1. The van der Waals surface area contributed by atoms with Gasteiger partial charge in [-0.15, -0.1) is 0 Å². The van der Waals surface area contributed by atoms with Crippen molar-refractivity contribution in [1.82, 2.24) is 14.9 Å². The fourth-order valence-corrected chi connectivity index (χ4v) is 2.87. The van der Waals surface area contributed by atoms with Crippen molar-refractivity contribution in [3.05, 3.63) is 84.1 Å². The summed E-state index contributed by atoms with van der Waals surface area (Å²) in [5, 5.41) is 13.4. The predicted octanol–water partition coefficient (Wildman–Crippen LogP) is 4.20. The minimum absolute atomic E-state index is 0.0120. The molecule has 0 radical (unpaired) electrons. The van der Waals surface area contributed by atoms with Crippen molar-refractivity contribution in [3.8, 4) is 11.3 Å². The number of rotatable bonds is 6. The first-order chi connectivity index (χ1) is 15.0. The van der Waals surface area contributed by atoms with E-state index in [0.29, 0.717) is 23.6 Å². The molecule has 0 saturated heterocycles. The smallest absolute Gasteiger partial charge is 0.278 e. The van der Waals surface area contributed by atoms with Gasteiger partial charge in [0.2, 0.25) is 0 Å². The molecule has 2 aromatic carbocycles. The summed E-state index contributed by atoms with van der Waals surface area (Å²) in [6.07, 6.45) is 1.57. The molecule has 156 valence electrons. The molecule has 9 heteroatoms. The van der Waals surface area contributed by atoms with Gasteiger partial charge in [0.05, 0.1) is 5.69 Å². The van der Waals surface area contributed by atoms with Gasteiger partial charge in [-0.3, -0.25) is 14.3 Å². The number of hydrogen-bond acceptors (Lipinski definition) is 5. The van der Waals surface area contributed by atoms with Gasteiger partial charge in [0.25, 0.3) is 11.8 Å². The van der Waals surface area contributed by atoms with E-state index in [1.54, 1.807) is 35.1 Å². The van der Waals surface area contributed by atoms with Crippen molar-refractivity contribution in [2.75, 3.05) is 10.6 Å². The number of carbonyl (C=O) groups excluding carboxylic acids is 2. The van der Waals surface area contributed by atoms with Crippen LogP contribution in [0, 0.1) is 5.82 Å². The summed E-state index contributed by atoms with van der Waals surface area (Å²) in [7, 11) is 0. The second-order valence-electron chi connectivity index (χ2n) is 6.60. The zero-order chi connectivity index (χ0) is 21.8. The molecule has 4 aromatic rings. The van der Waals surface area contributed by atoms with Crippen LogP contribution in [0.3, 0.4) is 0 Å². The Morgan fingerprint density at radius 3 is 2.48 bits per heavy atom. The molecule has 0 atom stereocenters. The van der Waals surface area contributed by atoms with Crippen LogP contribution in [0.5, 0.6) is 0 Å². The Morgan fingerprint density at radius 2 is 1.77 bits per heavy atom. The molecule has 0 spiro atoms. The summed E-state index contributed by atoms with van der Waals surface area (Å²) in [4.78, 5) is 25.4. The zero-order valence-electron chi connectivity index (χ0n) is 16.5. The van der Waals surface area contributed by atoms with Crippen LogP contribution < -0.4 is 10.6 Å². The molecule has 2 aromatic heterocycles. The van der Waals surface area contributed by atoms with Crippen LogP contribution in [0.25, 0.3) is 11.3 Å². The lowest BCUT2D eigenvalue weighted by Crippen LogP contribution is -2.18. The van der Waals surface area contributed by atoms with Crippen molar-refractivity contribution < 1.29 is 18.5 Å². The third-order valence-corrected chi connectivity index (χ3v) is 4.45. The Labute approximate surface area is 176 Å². The first kappa shape index (κ1) is 20.0. The number of nitrogens with one attached hydrogen (secondary N) is 2. The van der Waals surface area contributed by atoms with Crippen LogP contribution in [0.2, 0.25) is 0 Å². The minimum atomic E-state index is -0.568. The van der Waals surface area contributed by atoms with Crippen molar-refractivity contribution in [2.45, 2.75) is 13.5 Å². The summed E-state index contributed by atoms with van der Waals surface area (Å²) in [5.41, 5.74) is 1.51. The molecule has 2 N–H and O–H groups in total. The first-order valence-corrected chi connectivity index (χ1v) is 9.51. The largest absolute Gasteiger partial charge is 0.355 e. The molecule has 0 bridgehead atoms. The summed E-state index contributed by atoms with van der Waals surface area (Å²) >= 11 is 0. The number of aromatic nitrogens is 3. The van der Waals surface area contributed by atoms with Gasteiger partial charge in [-0.2, -0.15) is 5.10 Å². The minimum Gasteiger partial charge on any atom is -0.355 e. The van der Waals surface area contributed by atoms with Gasteiger partial charge >= 0.3 is 0 Å². The number of carbonyl (C=O) groups is 2. The highest BCUT2D eigenvalue weighted by molar-refractivity contribution is 6.11. The van der Waals surface area contributed by atoms with Crippen LogP contribution in [-0.4, -0.2) is 26.8 Å². The predicted molar refractivity (Wildman–Crippen MR) is 112 cm³/mol. The van der Waals surface area contributed by atoms with E-state index in [1.165, 1.54) is 30.3 Å². The maximum atomic E-state index is 13.1. The van der Waals surface area contributed by atoms with Crippen molar-refractivity contribution in [2.24, 2.45) is 0 Å². The van der Waals surface area contributed by atoms with Gasteiger partial charge in [-0.05, 0) is 43.3 Å². The number of hydrogen-bond donors (Lipinski definition) is 2. The molecule has 8 nitrogen and oxygen atoms in total. The maximum Gasteiger partial charge on any atom is 0.278 e. The second-order valence-corrected chi connectivity index (χ2v) is 6.60. The number of halogens is 1. The highest BCUT2D eigenvalue weighted by atomic mass is 19.1. The van der Waals surface area contributed by atoms with Gasteiger partial charge in [-0.25, -0.2) is 4.39 Å². The van der Waals surface area contributed by atoms with E-state index < -0.39 is 11.8 Å². The van der Waals surface area contributed by atoms with E-state index >= 15 is 0 Å². The summed E-state index contributed by atoms with van der Waals surface area (Å²) < 4.78 is 19.8. The van der Waals surface area contributed by atoms with Crippen LogP contribution in [-0.2, 0) is 6.54 Å². The van der Waals surface area contributed by atoms with Crippen LogP contribution >= 0.6 is 0 Å². The molecule has 4 rings (SSSR count). The Hall–Kier alpha value is -4.27. The van der Waals surface area contributed by atoms with Crippen molar-refractivity contribution in [3.63, 3.8) is 0 Å². The summed E-state index contributed by atoms with van der Waals surface area (Å²) in [6, 6.07) is 16.0. The topological polar surface area (TPSA) is 102 Å². The van der Waals surface area contributed by atoms with Crippen LogP contribution in [0.1, 0.15) is 27.9 Å². The Bertz CT molecular complexity index is 1220. The SMILES string of the molecule is CCn1cc(NC(=O)c2cc(-c3ccc(F)cc3)on2)c(C(=O)Nc2ccccc2)n1. The summed E-state index contributed by atoms with van der Waals surface area (Å²) in [5.74, 6) is -1.09. The number of aryl methyl sites for hydroxylation is 1. The molecule has 0 fully saturated rings. The number of benzene rings is 2. The molecular weight excluding hydrogens is 401 g/mol. The standard InChI is InChI=1S/C22H18FN5O3/c1-2-28-13-18(20(26-28)22(30)24-16-6-4-3-5-7-16)25-21(29)17-12-19(31-27-17)14-8-10-15(23)11-9-14/h3-13H,2H2,1H3,(H,24,30)(H,25,29). The molecule has 2 amide bonds.